The number of Topliss-reactive ketones (excluding diaryl/α,β-unsaturated/α-hetero) is 1. The molecule has 0 saturated carbocycles. The normalized spacial score (nSPS) is 12.8. The molecule has 2 atom stereocenters. The summed E-state index contributed by atoms with van der Waals surface area (Å²) in [5.74, 6) is -3.62. The van der Waals surface area contributed by atoms with E-state index in [1.54, 1.807) is 6.07 Å². The maximum atomic E-state index is 13.9. The topological polar surface area (TPSA) is 152 Å². The van der Waals surface area contributed by atoms with Crippen LogP contribution >= 0.6 is 0 Å². The molecule has 0 fully saturated rings. The Balaban J connectivity index is 2.19. The quantitative estimate of drug-likeness (QED) is 0.373. The molecule has 1 heterocycles. The third-order valence-electron chi connectivity index (χ3n) is 4.32. The van der Waals surface area contributed by atoms with E-state index in [4.69, 9.17) is 5.41 Å². The van der Waals surface area contributed by atoms with Crippen molar-refractivity contribution in [1.82, 2.24) is 15.6 Å². The van der Waals surface area contributed by atoms with Crippen LogP contribution in [0.25, 0.3) is 10.9 Å². The molecule has 10 heteroatoms. The number of carboxylic acid groups (broad SMARTS) is 1. The van der Waals surface area contributed by atoms with Crippen LogP contribution < -0.4 is 10.6 Å². The minimum Gasteiger partial charge on any atom is -0.480 e. The summed E-state index contributed by atoms with van der Waals surface area (Å²) in [4.78, 5) is 49.6. The van der Waals surface area contributed by atoms with E-state index in [1.807, 2.05) is 0 Å². The molecular formula is C19H21FN4O5. The van der Waals surface area contributed by atoms with Crippen molar-refractivity contribution in [2.24, 2.45) is 0 Å². The summed E-state index contributed by atoms with van der Waals surface area (Å²) < 4.78 is 13.9. The Morgan fingerprint density at radius 3 is 2.59 bits per heavy atom. The number of benzene rings is 1. The molecule has 154 valence electrons. The van der Waals surface area contributed by atoms with Crippen LogP contribution in [0.5, 0.6) is 0 Å². The smallest absolute Gasteiger partial charge is 0.326 e. The zero-order valence-corrected chi connectivity index (χ0v) is 15.6. The van der Waals surface area contributed by atoms with Crippen LogP contribution in [0.4, 0.5) is 4.39 Å². The predicted octanol–water partition coefficient (Wildman–Crippen LogP) is 0.922. The van der Waals surface area contributed by atoms with E-state index in [1.165, 1.54) is 25.3 Å². The molecule has 1 unspecified atom stereocenters. The van der Waals surface area contributed by atoms with Gasteiger partial charge in [0, 0.05) is 31.3 Å². The number of carboxylic acids is 1. The second kappa shape index (κ2) is 9.58. The lowest BCUT2D eigenvalue weighted by atomic mass is 10.0. The van der Waals surface area contributed by atoms with Crippen molar-refractivity contribution in [2.75, 3.05) is 0 Å². The number of H-pyrrole nitrogens is 1. The second-order valence-corrected chi connectivity index (χ2v) is 6.48. The largest absolute Gasteiger partial charge is 0.480 e. The zero-order valence-electron chi connectivity index (χ0n) is 15.6. The SMILES string of the molecule is CC(=O)NC(Cc1c[nH]c2c(F)cccc12)C(=O)N[C@@H](CCC(=O)C=N)C(=O)O. The highest BCUT2D eigenvalue weighted by molar-refractivity contribution is 6.26. The first kappa shape index (κ1) is 21.7. The molecule has 0 aliphatic rings. The second-order valence-electron chi connectivity index (χ2n) is 6.48. The number of aromatic amines is 1. The molecular weight excluding hydrogens is 383 g/mol. The summed E-state index contributed by atoms with van der Waals surface area (Å²) >= 11 is 0. The average molecular weight is 404 g/mol. The van der Waals surface area contributed by atoms with Crippen LogP contribution in [-0.4, -0.2) is 52.0 Å². The number of hydrogen-bond acceptors (Lipinski definition) is 5. The molecule has 0 saturated heterocycles. The molecule has 2 amide bonds. The number of ketones is 1. The van der Waals surface area contributed by atoms with Crippen molar-refractivity contribution in [3.8, 4) is 0 Å². The summed E-state index contributed by atoms with van der Waals surface area (Å²) in [6, 6.07) is 2.01. The third kappa shape index (κ3) is 5.71. The van der Waals surface area contributed by atoms with Gasteiger partial charge < -0.3 is 26.1 Å². The van der Waals surface area contributed by atoms with Crippen molar-refractivity contribution in [3.63, 3.8) is 0 Å². The highest BCUT2D eigenvalue weighted by atomic mass is 19.1. The van der Waals surface area contributed by atoms with E-state index in [9.17, 15) is 28.7 Å². The Bertz CT molecular complexity index is 955. The molecule has 0 aliphatic carbocycles. The Kier molecular flexibility index (Phi) is 7.18. The van der Waals surface area contributed by atoms with Gasteiger partial charge in [-0.25, -0.2) is 9.18 Å². The number of carbonyl (C=O) groups is 4. The molecule has 29 heavy (non-hydrogen) atoms. The number of para-hydroxylation sites is 1. The minimum atomic E-state index is -1.36. The van der Waals surface area contributed by atoms with Gasteiger partial charge in [-0.2, -0.15) is 0 Å². The Morgan fingerprint density at radius 2 is 1.97 bits per heavy atom. The number of aromatic nitrogens is 1. The molecule has 0 aliphatic heterocycles. The van der Waals surface area contributed by atoms with Gasteiger partial charge in [-0.1, -0.05) is 12.1 Å². The fraction of sp³-hybridized carbons (Fsp3) is 0.316. The van der Waals surface area contributed by atoms with Crippen molar-refractivity contribution in [2.45, 2.75) is 38.3 Å². The van der Waals surface area contributed by atoms with Gasteiger partial charge in [0.05, 0.1) is 11.7 Å². The number of amides is 2. The molecule has 5 N–H and O–H groups in total. The van der Waals surface area contributed by atoms with Gasteiger partial charge in [0.25, 0.3) is 0 Å². The number of aliphatic carboxylic acids is 1. The predicted molar refractivity (Wildman–Crippen MR) is 102 cm³/mol. The van der Waals surface area contributed by atoms with Crippen LogP contribution in [0.2, 0.25) is 0 Å². The lowest BCUT2D eigenvalue weighted by Crippen LogP contribution is -2.52. The first-order valence-corrected chi connectivity index (χ1v) is 8.81. The van der Waals surface area contributed by atoms with E-state index < -0.39 is 41.5 Å². The Labute approximate surface area is 165 Å². The zero-order chi connectivity index (χ0) is 21.6. The molecule has 1 aromatic carbocycles. The number of hydrogen-bond donors (Lipinski definition) is 5. The van der Waals surface area contributed by atoms with Gasteiger partial charge in [-0.05, 0) is 18.1 Å². The lowest BCUT2D eigenvalue weighted by Gasteiger charge is -2.20. The average Bonchev–Trinajstić information content (AvgIpc) is 3.07. The number of halogens is 1. The van der Waals surface area contributed by atoms with Crippen LogP contribution in [0.15, 0.2) is 24.4 Å². The van der Waals surface area contributed by atoms with Crippen LogP contribution in [-0.2, 0) is 25.6 Å². The van der Waals surface area contributed by atoms with Crippen molar-refractivity contribution in [1.29, 1.82) is 5.41 Å². The lowest BCUT2D eigenvalue weighted by molar-refractivity contribution is -0.142. The number of fused-ring (bicyclic) bond motifs is 1. The first-order chi connectivity index (χ1) is 13.7. The number of carbonyl (C=O) groups excluding carboxylic acids is 3. The first-order valence-electron chi connectivity index (χ1n) is 8.81. The summed E-state index contributed by atoms with van der Waals surface area (Å²) in [5, 5.41) is 21.4. The molecule has 2 aromatic rings. The van der Waals surface area contributed by atoms with Gasteiger partial charge in [-0.15, -0.1) is 0 Å². The van der Waals surface area contributed by atoms with Crippen molar-refractivity contribution in [3.05, 3.63) is 35.8 Å². The van der Waals surface area contributed by atoms with Crippen molar-refractivity contribution < 1.29 is 28.7 Å². The summed E-state index contributed by atoms with van der Waals surface area (Å²) in [6.07, 6.45) is 1.69. The van der Waals surface area contributed by atoms with Gasteiger partial charge in [0.2, 0.25) is 11.8 Å². The number of nitrogens with one attached hydrogen (secondary N) is 4. The maximum absolute atomic E-state index is 13.9. The van der Waals surface area contributed by atoms with E-state index in [0.29, 0.717) is 17.2 Å². The highest BCUT2D eigenvalue weighted by Crippen LogP contribution is 2.22. The monoisotopic (exact) mass is 404 g/mol. The Morgan fingerprint density at radius 1 is 1.24 bits per heavy atom. The maximum Gasteiger partial charge on any atom is 0.326 e. The van der Waals surface area contributed by atoms with E-state index in [0.717, 1.165) is 0 Å². The van der Waals surface area contributed by atoms with Crippen LogP contribution in [0, 0.1) is 11.2 Å². The Hall–Kier alpha value is -3.56. The summed E-state index contributed by atoms with van der Waals surface area (Å²) in [7, 11) is 0. The van der Waals surface area contributed by atoms with Crippen molar-refractivity contribution >= 4 is 40.7 Å². The molecule has 0 bridgehead atoms. The molecule has 1 aromatic heterocycles. The molecule has 9 nitrogen and oxygen atoms in total. The minimum absolute atomic E-state index is 0.000629. The molecule has 0 radical (unpaired) electrons. The van der Waals surface area contributed by atoms with E-state index in [2.05, 4.69) is 15.6 Å². The number of rotatable bonds is 10. The highest BCUT2D eigenvalue weighted by Gasteiger charge is 2.27. The fourth-order valence-electron chi connectivity index (χ4n) is 2.91. The summed E-state index contributed by atoms with van der Waals surface area (Å²) in [6.45, 7) is 1.21. The standard InChI is InChI=1S/C19H21FN4O5/c1-10(25)23-16(7-11-9-22-17-13(11)3-2-4-14(17)20)18(27)24-15(19(28)29)6-5-12(26)8-21/h2-4,8-9,15-16,21-22H,5-7H2,1H3,(H,23,25)(H,24,27)(H,28,29)/t15-,16?/m0/s1. The summed E-state index contributed by atoms with van der Waals surface area (Å²) in [5.41, 5.74) is 0.831. The van der Waals surface area contributed by atoms with Gasteiger partial charge in [-0.3, -0.25) is 14.4 Å². The molecule has 2 rings (SSSR count). The van der Waals surface area contributed by atoms with Gasteiger partial charge >= 0.3 is 5.97 Å². The van der Waals surface area contributed by atoms with Crippen LogP contribution in [0.3, 0.4) is 0 Å². The third-order valence-corrected chi connectivity index (χ3v) is 4.32. The van der Waals surface area contributed by atoms with Gasteiger partial charge in [0.15, 0.2) is 5.78 Å². The fourth-order valence-corrected chi connectivity index (χ4v) is 2.91. The van der Waals surface area contributed by atoms with Gasteiger partial charge in [0.1, 0.15) is 17.9 Å². The van der Waals surface area contributed by atoms with E-state index in [-0.39, 0.29) is 24.8 Å². The van der Waals surface area contributed by atoms with Crippen LogP contribution in [0.1, 0.15) is 25.3 Å². The molecule has 0 spiro atoms. The van der Waals surface area contributed by atoms with E-state index >= 15 is 0 Å².